The van der Waals surface area contributed by atoms with Crippen molar-refractivity contribution in [2.24, 2.45) is 5.41 Å². The monoisotopic (exact) mass is 330 g/mol. The molecule has 4 heteroatoms. The fourth-order valence-corrected chi connectivity index (χ4v) is 2.30. The summed E-state index contributed by atoms with van der Waals surface area (Å²) in [5.74, 6) is 0.229. The largest absolute Gasteiger partial charge is 0.497 e. The summed E-state index contributed by atoms with van der Waals surface area (Å²) in [6.07, 6.45) is 3.73. The first-order chi connectivity index (χ1) is 11.4. The maximum atomic E-state index is 14.3. The molecule has 0 saturated carbocycles. The lowest BCUT2D eigenvalue weighted by Crippen LogP contribution is -2.12. The standard InChI is InChI=1S/C20H23FO3/c1-20(2,13-23)9-8-15-10-14(12-22)4-6-17(15)18-11-16(24-3)5-7-19(18)21/h4-11,22-23H,12-13H2,1-3H3. The summed E-state index contributed by atoms with van der Waals surface area (Å²) in [7, 11) is 1.54. The van der Waals surface area contributed by atoms with E-state index < -0.39 is 0 Å². The summed E-state index contributed by atoms with van der Waals surface area (Å²) in [4.78, 5) is 0. The van der Waals surface area contributed by atoms with Crippen molar-refractivity contribution in [1.29, 1.82) is 0 Å². The molecular weight excluding hydrogens is 307 g/mol. The Labute approximate surface area is 142 Å². The van der Waals surface area contributed by atoms with Crippen LogP contribution in [0.15, 0.2) is 42.5 Å². The number of benzene rings is 2. The van der Waals surface area contributed by atoms with E-state index in [0.29, 0.717) is 16.9 Å². The molecule has 24 heavy (non-hydrogen) atoms. The van der Waals surface area contributed by atoms with Crippen LogP contribution in [-0.4, -0.2) is 23.9 Å². The number of methoxy groups -OCH3 is 1. The van der Waals surface area contributed by atoms with Crippen LogP contribution >= 0.6 is 0 Å². The van der Waals surface area contributed by atoms with Gasteiger partial charge in [0.05, 0.1) is 20.3 Å². The molecule has 0 radical (unpaired) electrons. The van der Waals surface area contributed by atoms with E-state index in [4.69, 9.17) is 4.74 Å². The molecule has 3 nitrogen and oxygen atoms in total. The molecule has 0 aliphatic carbocycles. The van der Waals surface area contributed by atoms with Crippen molar-refractivity contribution in [3.63, 3.8) is 0 Å². The smallest absolute Gasteiger partial charge is 0.131 e. The molecular formula is C20H23FO3. The van der Waals surface area contributed by atoms with E-state index in [1.54, 1.807) is 24.3 Å². The minimum Gasteiger partial charge on any atom is -0.497 e. The van der Waals surface area contributed by atoms with Gasteiger partial charge in [-0.1, -0.05) is 38.1 Å². The predicted molar refractivity (Wildman–Crippen MR) is 94.2 cm³/mol. The van der Waals surface area contributed by atoms with E-state index >= 15 is 0 Å². The summed E-state index contributed by atoms with van der Waals surface area (Å²) in [5.41, 5.74) is 2.26. The third kappa shape index (κ3) is 4.22. The first-order valence-corrected chi connectivity index (χ1v) is 7.78. The number of rotatable bonds is 6. The van der Waals surface area contributed by atoms with E-state index in [9.17, 15) is 14.6 Å². The Morgan fingerprint density at radius 3 is 2.46 bits per heavy atom. The predicted octanol–water partition coefficient (Wildman–Crippen LogP) is 4.03. The third-order valence-electron chi connectivity index (χ3n) is 3.88. The molecule has 2 aromatic carbocycles. The van der Waals surface area contributed by atoms with E-state index in [0.717, 1.165) is 11.1 Å². The Bertz CT molecular complexity index is 736. The fraction of sp³-hybridized carbons (Fsp3) is 0.300. The number of aliphatic hydroxyl groups is 2. The quantitative estimate of drug-likeness (QED) is 0.841. The summed E-state index contributed by atoms with van der Waals surface area (Å²) < 4.78 is 19.5. The van der Waals surface area contributed by atoms with Gasteiger partial charge in [0.2, 0.25) is 0 Å². The van der Waals surface area contributed by atoms with Crippen LogP contribution in [0.4, 0.5) is 4.39 Å². The van der Waals surface area contributed by atoms with E-state index in [2.05, 4.69) is 0 Å². The molecule has 0 fully saturated rings. The molecule has 0 aromatic heterocycles. The molecule has 128 valence electrons. The number of aliphatic hydroxyl groups excluding tert-OH is 2. The zero-order valence-electron chi connectivity index (χ0n) is 14.2. The number of hydrogen-bond donors (Lipinski definition) is 2. The normalized spacial score (nSPS) is 11.9. The van der Waals surface area contributed by atoms with Gasteiger partial charge < -0.3 is 14.9 Å². The van der Waals surface area contributed by atoms with Gasteiger partial charge in [-0.3, -0.25) is 0 Å². The van der Waals surface area contributed by atoms with Gasteiger partial charge >= 0.3 is 0 Å². The van der Waals surface area contributed by atoms with Gasteiger partial charge in [-0.25, -0.2) is 4.39 Å². The van der Waals surface area contributed by atoms with Gasteiger partial charge in [0.15, 0.2) is 0 Å². The summed E-state index contributed by atoms with van der Waals surface area (Å²) >= 11 is 0. The Morgan fingerprint density at radius 1 is 1.08 bits per heavy atom. The molecule has 0 atom stereocenters. The second-order valence-electron chi connectivity index (χ2n) is 6.41. The number of ether oxygens (including phenoxy) is 1. The highest BCUT2D eigenvalue weighted by atomic mass is 19.1. The molecule has 0 unspecified atom stereocenters. The van der Waals surface area contributed by atoms with Crippen molar-refractivity contribution < 1.29 is 19.3 Å². The first kappa shape index (κ1) is 18.2. The maximum Gasteiger partial charge on any atom is 0.131 e. The summed E-state index contributed by atoms with van der Waals surface area (Å²) in [5, 5.41) is 18.8. The number of halogens is 1. The molecule has 2 N–H and O–H groups in total. The molecule has 0 heterocycles. The molecule has 0 spiro atoms. The zero-order valence-corrected chi connectivity index (χ0v) is 14.2. The Kier molecular flexibility index (Phi) is 5.75. The van der Waals surface area contributed by atoms with Crippen LogP contribution in [0.3, 0.4) is 0 Å². The van der Waals surface area contributed by atoms with Gasteiger partial charge in [-0.2, -0.15) is 0 Å². The van der Waals surface area contributed by atoms with Crippen molar-refractivity contribution >= 4 is 6.08 Å². The lowest BCUT2D eigenvalue weighted by Gasteiger charge is -2.17. The average molecular weight is 330 g/mol. The van der Waals surface area contributed by atoms with Crippen LogP contribution in [0.2, 0.25) is 0 Å². The third-order valence-corrected chi connectivity index (χ3v) is 3.88. The van der Waals surface area contributed by atoms with Crippen molar-refractivity contribution in [3.8, 4) is 16.9 Å². The highest BCUT2D eigenvalue weighted by Crippen LogP contribution is 2.32. The molecule has 2 rings (SSSR count). The first-order valence-electron chi connectivity index (χ1n) is 7.78. The minimum atomic E-state index is -0.389. The SMILES string of the molecule is COc1ccc(F)c(-c2ccc(CO)cc2C=CC(C)(C)CO)c1. The van der Waals surface area contributed by atoms with Gasteiger partial charge in [0.25, 0.3) is 0 Å². The van der Waals surface area contributed by atoms with Gasteiger partial charge in [0, 0.05) is 11.0 Å². The van der Waals surface area contributed by atoms with Gasteiger partial charge in [0.1, 0.15) is 11.6 Å². The van der Waals surface area contributed by atoms with E-state index in [-0.39, 0.29) is 24.4 Å². The Balaban J connectivity index is 2.58. The van der Waals surface area contributed by atoms with Crippen LogP contribution in [0.5, 0.6) is 5.75 Å². The Hall–Kier alpha value is -2.17. The second kappa shape index (κ2) is 7.60. The summed E-state index contributed by atoms with van der Waals surface area (Å²) in [6, 6.07) is 9.97. The highest BCUT2D eigenvalue weighted by molar-refractivity contribution is 5.77. The topological polar surface area (TPSA) is 49.7 Å². The van der Waals surface area contributed by atoms with Gasteiger partial charge in [-0.05, 0) is 41.0 Å². The lowest BCUT2D eigenvalue weighted by atomic mass is 9.91. The van der Waals surface area contributed by atoms with Crippen molar-refractivity contribution in [2.75, 3.05) is 13.7 Å². The number of hydrogen-bond acceptors (Lipinski definition) is 3. The van der Waals surface area contributed by atoms with Crippen molar-refractivity contribution in [1.82, 2.24) is 0 Å². The average Bonchev–Trinajstić information content (AvgIpc) is 2.60. The van der Waals surface area contributed by atoms with Gasteiger partial charge in [-0.15, -0.1) is 0 Å². The summed E-state index contributed by atoms with van der Waals surface area (Å²) in [6.45, 7) is 3.73. The molecule has 0 aliphatic rings. The highest BCUT2D eigenvalue weighted by Gasteiger charge is 2.14. The fourth-order valence-electron chi connectivity index (χ4n) is 2.30. The Morgan fingerprint density at radius 2 is 1.83 bits per heavy atom. The second-order valence-corrected chi connectivity index (χ2v) is 6.41. The van der Waals surface area contributed by atoms with Crippen LogP contribution in [0, 0.1) is 11.2 Å². The lowest BCUT2D eigenvalue weighted by molar-refractivity contribution is 0.200. The molecule has 0 aliphatic heterocycles. The van der Waals surface area contributed by atoms with Crippen molar-refractivity contribution in [2.45, 2.75) is 20.5 Å². The van der Waals surface area contributed by atoms with E-state index in [1.165, 1.54) is 13.2 Å². The molecule has 2 aromatic rings. The maximum absolute atomic E-state index is 14.3. The molecule has 0 saturated heterocycles. The zero-order chi connectivity index (χ0) is 17.7. The van der Waals surface area contributed by atoms with Crippen molar-refractivity contribution in [3.05, 3.63) is 59.4 Å². The molecule has 0 amide bonds. The van der Waals surface area contributed by atoms with Crippen LogP contribution in [0.25, 0.3) is 17.2 Å². The van der Waals surface area contributed by atoms with Crippen LogP contribution in [0.1, 0.15) is 25.0 Å². The molecule has 0 bridgehead atoms. The van der Waals surface area contributed by atoms with Crippen LogP contribution in [-0.2, 0) is 6.61 Å². The minimum absolute atomic E-state index is 0.00600. The van der Waals surface area contributed by atoms with Crippen LogP contribution < -0.4 is 4.74 Å². The van der Waals surface area contributed by atoms with E-state index in [1.807, 2.05) is 32.1 Å².